The van der Waals surface area contributed by atoms with Crippen LogP contribution in [-0.4, -0.2) is 21.4 Å². The molecule has 1 aliphatic carbocycles. The Hall–Kier alpha value is -0.870. The molecule has 96 valence electrons. The van der Waals surface area contributed by atoms with Crippen LogP contribution in [0.3, 0.4) is 0 Å². The first-order valence-electron chi connectivity index (χ1n) is 6.52. The molecule has 0 radical (unpaired) electrons. The molecule has 1 heterocycles. The number of hydrogen-bond donors (Lipinski definition) is 2. The molecule has 1 aromatic rings. The fourth-order valence-electron chi connectivity index (χ4n) is 3.02. The largest absolute Gasteiger partial charge is 0.388 e. The van der Waals surface area contributed by atoms with Gasteiger partial charge < -0.3 is 10.8 Å². The average Bonchev–Trinajstić information content (AvgIpc) is 2.95. The summed E-state index contributed by atoms with van der Waals surface area (Å²) in [5.74, 6) is 0.662. The van der Waals surface area contributed by atoms with Crippen molar-refractivity contribution in [3.63, 3.8) is 0 Å². The van der Waals surface area contributed by atoms with E-state index >= 15 is 0 Å². The molecule has 17 heavy (non-hydrogen) atoms. The van der Waals surface area contributed by atoms with Gasteiger partial charge in [-0.1, -0.05) is 13.3 Å². The lowest BCUT2D eigenvalue weighted by Crippen LogP contribution is -2.34. The third-order valence-electron chi connectivity index (χ3n) is 4.17. The molecule has 1 saturated carbocycles. The fraction of sp³-hybridized carbons (Fsp3) is 0.769. The molecular formula is C13H23N3O. The summed E-state index contributed by atoms with van der Waals surface area (Å²) < 4.78 is 1.85. The summed E-state index contributed by atoms with van der Waals surface area (Å²) in [5.41, 5.74) is 6.69. The van der Waals surface area contributed by atoms with E-state index in [9.17, 15) is 5.11 Å². The van der Waals surface area contributed by atoms with E-state index in [4.69, 9.17) is 5.73 Å². The van der Waals surface area contributed by atoms with E-state index in [1.807, 2.05) is 17.8 Å². The summed E-state index contributed by atoms with van der Waals surface area (Å²) in [5, 5.41) is 14.8. The molecule has 0 bridgehead atoms. The van der Waals surface area contributed by atoms with Gasteiger partial charge in [0.05, 0.1) is 12.3 Å². The molecule has 0 aliphatic heterocycles. The first-order chi connectivity index (χ1) is 8.11. The lowest BCUT2D eigenvalue weighted by atomic mass is 9.77. The number of rotatable bonds is 4. The smallest absolute Gasteiger partial charge is 0.0888 e. The number of aromatic nitrogens is 2. The van der Waals surface area contributed by atoms with Gasteiger partial charge in [-0.05, 0) is 25.7 Å². The van der Waals surface area contributed by atoms with Crippen LogP contribution in [0, 0.1) is 11.3 Å². The number of nitrogens with two attached hydrogens (primary N) is 1. The van der Waals surface area contributed by atoms with E-state index in [1.165, 1.54) is 0 Å². The summed E-state index contributed by atoms with van der Waals surface area (Å²) in [6.07, 6.45) is 6.43. The van der Waals surface area contributed by atoms with E-state index in [0.717, 1.165) is 31.4 Å². The first kappa shape index (κ1) is 12.6. The highest BCUT2D eigenvalue weighted by Crippen LogP contribution is 2.49. The van der Waals surface area contributed by atoms with E-state index in [1.54, 1.807) is 6.20 Å². The third-order valence-corrected chi connectivity index (χ3v) is 4.17. The van der Waals surface area contributed by atoms with Crippen LogP contribution < -0.4 is 5.73 Å². The highest BCUT2D eigenvalue weighted by molar-refractivity contribution is 5.14. The zero-order valence-electron chi connectivity index (χ0n) is 10.8. The molecule has 0 saturated heterocycles. The van der Waals surface area contributed by atoms with Crippen molar-refractivity contribution in [1.29, 1.82) is 0 Å². The van der Waals surface area contributed by atoms with Crippen LogP contribution >= 0.6 is 0 Å². The molecule has 1 aromatic heterocycles. The molecule has 0 spiro atoms. The maximum absolute atomic E-state index is 10.6. The minimum Gasteiger partial charge on any atom is -0.388 e. The lowest BCUT2D eigenvalue weighted by Gasteiger charge is -2.32. The lowest BCUT2D eigenvalue weighted by molar-refractivity contribution is 0.0307. The van der Waals surface area contributed by atoms with Gasteiger partial charge in [-0.15, -0.1) is 0 Å². The van der Waals surface area contributed by atoms with Gasteiger partial charge >= 0.3 is 0 Å². The maximum atomic E-state index is 10.6. The molecule has 3 atom stereocenters. The number of nitrogens with zero attached hydrogens (tertiary/aromatic N) is 2. The van der Waals surface area contributed by atoms with E-state index in [-0.39, 0.29) is 5.41 Å². The Morgan fingerprint density at radius 1 is 1.71 bits per heavy atom. The Balaban J connectivity index is 2.20. The zero-order chi connectivity index (χ0) is 12.5. The summed E-state index contributed by atoms with van der Waals surface area (Å²) in [6, 6.07) is 0. The average molecular weight is 237 g/mol. The topological polar surface area (TPSA) is 64.1 Å². The van der Waals surface area contributed by atoms with Crippen LogP contribution in [-0.2, 0) is 6.54 Å². The predicted molar refractivity (Wildman–Crippen MR) is 67.4 cm³/mol. The van der Waals surface area contributed by atoms with Crippen molar-refractivity contribution in [2.45, 2.75) is 45.8 Å². The number of aryl methyl sites for hydroxylation is 1. The van der Waals surface area contributed by atoms with Gasteiger partial charge in [0.25, 0.3) is 0 Å². The normalized spacial score (nSPS) is 30.7. The molecule has 0 amide bonds. The van der Waals surface area contributed by atoms with Crippen LogP contribution in [0.1, 0.15) is 44.8 Å². The van der Waals surface area contributed by atoms with Crippen molar-refractivity contribution in [3.8, 4) is 0 Å². The van der Waals surface area contributed by atoms with Crippen LogP contribution in [0.4, 0.5) is 0 Å². The van der Waals surface area contributed by atoms with Crippen molar-refractivity contribution in [3.05, 3.63) is 18.0 Å². The maximum Gasteiger partial charge on any atom is 0.0888 e. The molecule has 2 rings (SSSR count). The van der Waals surface area contributed by atoms with E-state index < -0.39 is 6.10 Å². The molecule has 4 heteroatoms. The highest BCUT2D eigenvalue weighted by atomic mass is 16.3. The zero-order valence-corrected chi connectivity index (χ0v) is 10.8. The monoisotopic (exact) mass is 237 g/mol. The van der Waals surface area contributed by atoms with Gasteiger partial charge in [-0.2, -0.15) is 5.10 Å². The number of hydrogen-bond acceptors (Lipinski definition) is 3. The van der Waals surface area contributed by atoms with Crippen LogP contribution in [0.15, 0.2) is 12.4 Å². The van der Waals surface area contributed by atoms with E-state index in [2.05, 4.69) is 12.0 Å². The van der Waals surface area contributed by atoms with E-state index in [0.29, 0.717) is 12.5 Å². The second kappa shape index (κ2) is 4.78. The van der Waals surface area contributed by atoms with Gasteiger partial charge in [0, 0.05) is 30.3 Å². The molecule has 1 aliphatic rings. The van der Waals surface area contributed by atoms with Gasteiger partial charge in [-0.25, -0.2) is 0 Å². The molecule has 1 fully saturated rings. The van der Waals surface area contributed by atoms with Crippen LogP contribution in [0.25, 0.3) is 0 Å². The van der Waals surface area contributed by atoms with Gasteiger partial charge in [0.1, 0.15) is 0 Å². The standard InChI is InChI=1S/C13H23N3O/c1-3-16-8-11(7-15-16)12(17)13(9-14)5-4-10(2)6-13/h7-8,10,12,17H,3-6,9,14H2,1-2H3. The Bertz CT molecular complexity index is 376. The fourth-order valence-corrected chi connectivity index (χ4v) is 3.02. The van der Waals surface area contributed by atoms with Crippen molar-refractivity contribution in [2.75, 3.05) is 6.54 Å². The third kappa shape index (κ3) is 2.24. The van der Waals surface area contributed by atoms with Crippen molar-refractivity contribution >= 4 is 0 Å². The van der Waals surface area contributed by atoms with Gasteiger partial charge in [-0.3, -0.25) is 4.68 Å². The summed E-state index contributed by atoms with van der Waals surface area (Å²) in [6.45, 7) is 5.66. The van der Waals surface area contributed by atoms with Gasteiger partial charge in [0.2, 0.25) is 0 Å². The quantitative estimate of drug-likeness (QED) is 0.837. The summed E-state index contributed by atoms with van der Waals surface area (Å²) >= 11 is 0. The first-order valence-corrected chi connectivity index (χ1v) is 6.52. The van der Waals surface area contributed by atoms with Crippen molar-refractivity contribution in [1.82, 2.24) is 9.78 Å². The number of aliphatic hydroxyl groups is 1. The predicted octanol–water partition coefficient (Wildman–Crippen LogP) is 1.70. The molecule has 3 N–H and O–H groups in total. The SMILES string of the molecule is CCn1cc(C(O)C2(CN)CCC(C)C2)cn1. The van der Waals surface area contributed by atoms with Crippen molar-refractivity contribution in [2.24, 2.45) is 17.1 Å². The highest BCUT2D eigenvalue weighted by Gasteiger charge is 2.43. The second-order valence-electron chi connectivity index (χ2n) is 5.45. The molecule has 0 aromatic carbocycles. The second-order valence-corrected chi connectivity index (χ2v) is 5.45. The summed E-state index contributed by atoms with van der Waals surface area (Å²) in [4.78, 5) is 0. The molecule has 4 nitrogen and oxygen atoms in total. The Labute approximate surface area is 103 Å². The Kier molecular flexibility index (Phi) is 3.54. The molecule has 3 unspecified atom stereocenters. The minimum absolute atomic E-state index is 0.138. The Morgan fingerprint density at radius 2 is 2.47 bits per heavy atom. The number of aliphatic hydroxyl groups excluding tert-OH is 1. The molecular weight excluding hydrogens is 214 g/mol. The van der Waals surface area contributed by atoms with Crippen LogP contribution in [0.2, 0.25) is 0 Å². The minimum atomic E-state index is -0.474. The van der Waals surface area contributed by atoms with Crippen molar-refractivity contribution < 1.29 is 5.11 Å². The van der Waals surface area contributed by atoms with Gasteiger partial charge in [0.15, 0.2) is 0 Å². The van der Waals surface area contributed by atoms with Crippen LogP contribution in [0.5, 0.6) is 0 Å². The summed E-state index contributed by atoms with van der Waals surface area (Å²) in [7, 11) is 0. The Morgan fingerprint density at radius 3 is 2.94 bits per heavy atom.